The molecule has 1 aromatic carbocycles. The summed E-state index contributed by atoms with van der Waals surface area (Å²) in [6, 6.07) is 7.00. The highest BCUT2D eigenvalue weighted by molar-refractivity contribution is 5.78. The Bertz CT molecular complexity index is 443. The highest BCUT2D eigenvalue weighted by Gasteiger charge is 2.18. The Hall–Kier alpha value is -1.59. The van der Waals surface area contributed by atoms with E-state index in [1.165, 1.54) is 0 Å². The molecule has 3 atom stereocenters. The van der Waals surface area contributed by atoms with Gasteiger partial charge in [-0.15, -0.1) is 0 Å². The molecule has 1 rings (SSSR count). The van der Waals surface area contributed by atoms with E-state index in [9.17, 15) is 9.90 Å². The summed E-state index contributed by atoms with van der Waals surface area (Å²) in [6.45, 7) is 7.63. The first kappa shape index (κ1) is 17.5. The van der Waals surface area contributed by atoms with Crippen molar-refractivity contribution in [2.75, 3.05) is 6.54 Å². The number of hydrogen-bond donors (Lipinski definition) is 3. The second-order valence-electron chi connectivity index (χ2n) is 5.64. The SMILES string of the molecule is CC(C)Oc1ccc(C(O)CNC(=O)C(C)C(C)N)cc1. The van der Waals surface area contributed by atoms with Crippen molar-refractivity contribution in [3.63, 3.8) is 0 Å². The van der Waals surface area contributed by atoms with Gasteiger partial charge in [0, 0.05) is 18.5 Å². The average molecular weight is 294 g/mol. The van der Waals surface area contributed by atoms with E-state index in [4.69, 9.17) is 10.5 Å². The minimum absolute atomic E-state index is 0.111. The van der Waals surface area contributed by atoms with Crippen molar-refractivity contribution in [3.8, 4) is 5.75 Å². The molecule has 0 aliphatic rings. The summed E-state index contributed by atoms with van der Waals surface area (Å²) in [6.07, 6.45) is -0.637. The highest BCUT2D eigenvalue weighted by atomic mass is 16.5. The van der Waals surface area contributed by atoms with Gasteiger partial charge in [-0.3, -0.25) is 4.79 Å². The van der Waals surface area contributed by atoms with Gasteiger partial charge in [-0.2, -0.15) is 0 Å². The van der Waals surface area contributed by atoms with Gasteiger partial charge in [-0.05, 0) is 38.5 Å². The van der Waals surface area contributed by atoms with Crippen LogP contribution in [0, 0.1) is 5.92 Å². The minimum atomic E-state index is -0.748. The summed E-state index contributed by atoms with van der Waals surface area (Å²) in [5, 5.41) is 12.8. The number of aliphatic hydroxyl groups excluding tert-OH is 1. The Morgan fingerprint density at radius 2 is 1.81 bits per heavy atom. The Kier molecular flexibility index (Phi) is 6.65. The molecular formula is C16H26N2O3. The van der Waals surface area contributed by atoms with Crippen LogP contribution in [0.4, 0.5) is 0 Å². The lowest BCUT2D eigenvalue weighted by atomic mass is 10.0. The van der Waals surface area contributed by atoms with Crippen LogP contribution in [0.5, 0.6) is 5.75 Å². The molecule has 3 unspecified atom stereocenters. The third-order valence-electron chi connectivity index (χ3n) is 3.31. The normalized spacial score (nSPS) is 15.4. The van der Waals surface area contributed by atoms with Crippen molar-refractivity contribution in [2.24, 2.45) is 11.7 Å². The molecule has 0 saturated heterocycles. The zero-order valence-electron chi connectivity index (χ0n) is 13.2. The van der Waals surface area contributed by atoms with Gasteiger partial charge in [0.1, 0.15) is 5.75 Å². The molecule has 1 aromatic rings. The van der Waals surface area contributed by atoms with Gasteiger partial charge in [0.15, 0.2) is 0 Å². The largest absolute Gasteiger partial charge is 0.491 e. The molecule has 0 radical (unpaired) electrons. The molecular weight excluding hydrogens is 268 g/mol. The van der Waals surface area contributed by atoms with E-state index >= 15 is 0 Å². The lowest BCUT2D eigenvalue weighted by Gasteiger charge is -2.18. The second-order valence-corrected chi connectivity index (χ2v) is 5.64. The summed E-state index contributed by atoms with van der Waals surface area (Å²) in [7, 11) is 0. The van der Waals surface area contributed by atoms with Crippen molar-refractivity contribution in [1.29, 1.82) is 0 Å². The van der Waals surface area contributed by atoms with Crippen molar-refractivity contribution < 1.29 is 14.6 Å². The van der Waals surface area contributed by atoms with Crippen LogP contribution in [0.25, 0.3) is 0 Å². The average Bonchev–Trinajstić information content (AvgIpc) is 2.43. The van der Waals surface area contributed by atoms with Crippen molar-refractivity contribution in [1.82, 2.24) is 5.32 Å². The van der Waals surface area contributed by atoms with Crippen LogP contribution < -0.4 is 15.8 Å². The summed E-state index contributed by atoms with van der Waals surface area (Å²) in [5.74, 6) is 0.332. The smallest absolute Gasteiger partial charge is 0.224 e. The maximum absolute atomic E-state index is 11.8. The molecule has 0 saturated carbocycles. The number of benzene rings is 1. The Labute approximate surface area is 126 Å². The Morgan fingerprint density at radius 1 is 1.24 bits per heavy atom. The predicted octanol–water partition coefficient (Wildman–Crippen LogP) is 1.61. The standard InChI is InChI=1S/C16H26N2O3/c1-10(2)21-14-7-5-13(6-8-14)15(19)9-18-16(20)11(3)12(4)17/h5-8,10-12,15,19H,9,17H2,1-4H3,(H,18,20). The van der Waals surface area contributed by atoms with Gasteiger partial charge in [-0.1, -0.05) is 19.1 Å². The third-order valence-corrected chi connectivity index (χ3v) is 3.31. The van der Waals surface area contributed by atoms with Crippen LogP contribution in [-0.4, -0.2) is 29.7 Å². The first-order valence-corrected chi connectivity index (χ1v) is 7.29. The fourth-order valence-corrected chi connectivity index (χ4v) is 1.76. The van der Waals surface area contributed by atoms with Gasteiger partial charge in [-0.25, -0.2) is 0 Å². The third kappa shape index (κ3) is 5.73. The first-order valence-electron chi connectivity index (χ1n) is 7.29. The quantitative estimate of drug-likeness (QED) is 0.713. The molecule has 1 amide bonds. The van der Waals surface area contributed by atoms with Crippen LogP contribution in [0.2, 0.25) is 0 Å². The summed E-state index contributed by atoms with van der Waals surface area (Å²) in [4.78, 5) is 11.8. The molecule has 5 nitrogen and oxygen atoms in total. The van der Waals surface area contributed by atoms with E-state index in [2.05, 4.69) is 5.32 Å². The van der Waals surface area contributed by atoms with Crippen LogP contribution in [0.3, 0.4) is 0 Å². The molecule has 0 bridgehead atoms. The van der Waals surface area contributed by atoms with E-state index in [1.807, 2.05) is 26.0 Å². The van der Waals surface area contributed by atoms with E-state index < -0.39 is 6.10 Å². The van der Waals surface area contributed by atoms with Crippen LogP contribution >= 0.6 is 0 Å². The molecule has 0 fully saturated rings. The molecule has 0 aliphatic carbocycles. The number of aliphatic hydroxyl groups is 1. The molecule has 0 aromatic heterocycles. The zero-order chi connectivity index (χ0) is 16.0. The lowest BCUT2D eigenvalue weighted by molar-refractivity contribution is -0.125. The topological polar surface area (TPSA) is 84.6 Å². The van der Waals surface area contributed by atoms with Gasteiger partial charge in [0.05, 0.1) is 12.2 Å². The minimum Gasteiger partial charge on any atom is -0.491 e. The fraction of sp³-hybridized carbons (Fsp3) is 0.562. The summed E-state index contributed by atoms with van der Waals surface area (Å²) in [5.41, 5.74) is 6.41. The summed E-state index contributed by atoms with van der Waals surface area (Å²) >= 11 is 0. The van der Waals surface area contributed by atoms with E-state index in [0.717, 1.165) is 11.3 Å². The molecule has 4 N–H and O–H groups in total. The Morgan fingerprint density at radius 3 is 2.29 bits per heavy atom. The predicted molar refractivity (Wildman–Crippen MR) is 83.0 cm³/mol. The number of rotatable bonds is 7. The molecule has 0 heterocycles. The number of nitrogens with one attached hydrogen (secondary N) is 1. The van der Waals surface area contributed by atoms with Crippen molar-refractivity contribution in [3.05, 3.63) is 29.8 Å². The van der Waals surface area contributed by atoms with Crippen LogP contribution in [0.1, 0.15) is 39.4 Å². The van der Waals surface area contributed by atoms with E-state index in [-0.39, 0.29) is 30.5 Å². The second kappa shape index (κ2) is 8.00. The molecule has 5 heteroatoms. The molecule has 118 valence electrons. The maximum Gasteiger partial charge on any atom is 0.224 e. The number of ether oxygens (including phenoxy) is 1. The number of nitrogens with two attached hydrogens (primary N) is 1. The maximum atomic E-state index is 11.8. The van der Waals surface area contributed by atoms with Crippen LogP contribution in [-0.2, 0) is 4.79 Å². The fourth-order valence-electron chi connectivity index (χ4n) is 1.76. The number of carbonyl (C=O) groups excluding carboxylic acids is 1. The van der Waals surface area contributed by atoms with E-state index in [1.54, 1.807) is 26.0 Å². The summed E-state index contributed by atoms with van der Waals surface area (Å²) < 4.78 is 5.54. The zero-order valence-corrected chi connectivity index (χ0v) is 13.2. The highest BCUT2D eigenvalue weighted by Crippen LogP contribution is 2.18. The van der Waals surface area contributed by atoms with Gasteiger partial charge < -0.3 is 20.9 Å². The Balaban J connectivity index is 2.52. The lowest BCUT2D eigenvalue weighted by Crippen LogP contribution is -2.40. The number of hydrogen-bond acceptors (Lipinski definition) is 4. The first-order chi connectivity index (χ1) is 9.81. The van der Waals surface area contributed by atoms with Gasteiger partial charge >= 0.3 is 0 Å². The molecule has 21 heavy (non-hydrogen) atoms. The van der Waals surface area contributed by atoms with Gasteiger partial charge in [0.25, 0.3) is 0 Å². The molecule has 0 aliphatic heterocycles. The number of carbonyl (C=O) groups is 1. The molecule has 0 spiro atoms. The van der Waals surface area contributed by atoms with E-state index in [0.29, 0.717) is 0 Å². The van der Waals surface area contributed by atoms with Gasteiger partial charge in [0.2, 0.25) is 5.91 Å². The van der Waals surface area contributed by atoms with Crippen molar-refractivity contribution >= 4 is 5.91 Å². The number of amides is 1. The van der Waals surface area contributed by atoms with Crippen molar-refractivity contribution in [2.45, 2.75) is 45.9 Å². The van der Waals surface area contributed by atoms with Crippen LogP contribution in [0.15, 0.2) is 24.3 Å². The monoisotopic (exact) mass is 294 g/mol.